The van der Waals surface area contributed by atoms with Crippen molar-refractivity contribution in [1.29, 1.82) is 0 Å². The Kier molecular flexibility index (Phi) is 9.27. The standard InChI is InChI=1S/C27H48/c1-3-5-7-9-23-12-16-25(17-13-23)27-20-18-26(19-21-27)24-14-10-22(11-15-24)8-6-4-2/h10,14,22-27H,3-9,11-13,15-21H2,1-2H3/t22?,23-,24?,25-,26?,27?. The highest BCUT2D eigenvalue weighted by Crippen LogP contribution is 2.45. The largest absolute Gasteiger partial charge is 0.0851 e. The molecule has 2 unspecified atom stereocenters. The molecule has 0 saturated heterocycles. The van der Waals surface area contributed by atoms with E-state index in [-0.39, 0.29) is 0 Å². The summed E-state index contributed by atoms with van der Waals surface area (Å²) in [6, 6.07) is 0. The molecule has 2 atom stereocenters. The van der Waals surface area contributed by atoms with Gasteiger partial charge in [-0.05, 0) is 93.3 Å². The van der Waals surface area contributed by atoms with E-state index >= 15 is 0 Å². The number of hydrogen-bond acceptors (Lipinski definition) is 0. The Bertz CT molecular complexity index is 406. The van der Waals surface area contributed by atoms with Crippen LogP contribution in [0.3, 0.4) is 0 Å². The highest BCUT2D eigenvalue weighted by molar-refractivity contribution is 5.01. The van der Waals surface area contributed by atoms with Crippen molar-refractivity contribution in [3.63, 3.8) is 0 Å². The number of hydrogen-bond donors (Lipinski definition) is 0. The van der Waals surface area contributed by atoms with E-state index in [1.807, 2.05) is 0 Å². The molecule has 0 aromatic carbocycles. The van der Waals surface area contributed by atoms with Crippen molar-refractivity contribution in [2.75, 3.05) is 0 Å². The zero-order valence-corrected chi connectivity index (χ0v) is 18.6. The maximum atomic E-state index is 2.65. The molecule has 0 heterocycles. The lowest BCUT2D eigenvalue weighted by Gasteiger charge is -2.40. The van der Waals surface area contributed by atoms with Crippen LogP contribution in [0, 0.1) is 35.5 Å². The van der Waals surface area contributed by atoms with E-state index in [9.17, 15) is 0 Å². The van der Waals surface area contributed by atoms with E-state index in [0.717, 1.165) is 35.5 Å². The summed E-state index contributed by atoms with van der Waals surface area (Å²) in [5.41, 5.74) is 0. The Morgan fingerprint density at radius 3 is 1.78 bits per heavy atom. The van der Waals surface area contributed by atoms with Crippen molar-refractivity contribution in [2.24, 2.45) is 35.5 Å². The molecule has 3 aliphatic carbocycles. The van der Waals surface area contributed by atoms with Gasteiger partial charge in [0.1, 0.15) is 0 Å². The summed E-state index contributed by atoms with van der Waals surface area (Å²) < 4.78 is 0. The van der Waals surface area contributed by atoms with E-state index in [1.165, 1.54) is 70.6 Å². The molecule has 27 heavy (non-hydrogen) atoms. The number of allylic oxidation sites excluding steroid dienone is 2. The van der Waals surface area contributed by atoms with Gasteiger partial charge in [-0.1, -0.05) is 77.4 Å². The Morgan fingerprint density at radius 2 is 1.19 bits per heavy atom. The van der Waals surface area contributed by atoms with E-state index in [2.05, 4.69) is 26.0 Å². The average Bonchev–Trinajstić information content (AvgIpc) is 2.73. The predicted octanol–water partition coefficient (Wildman–Crippen LogP) is 8.95. The Balaban J connectivity index is 1.34. The molecule has 0 heteroatoms. The molecule has 3 aliphatic rings. The van der Waals surface area contributed by atoms with Gasteiger partial charge in [0, 0.05) is 0 Å². The summed E-state index contributed by atoms with van der Waals surface area (Å²) in [6.45, 7) is 4.66. The van der Waals surface area contributed by atoms with Crippen LogP contribution in [0.2, 0.25) is 0 Å². The minimum absolute atomic E-state index is 0.907. The predicted molar refractivity (Wildman–Crippen MR) is 120 cm³/mol. The van der Waals surface area contributed by atoms with Gasteiger partial charge in [-0.3, -0.25) is 0 Å². The summed E-state index contributed by atoms with van der Waals surface area (Å²) in [7, 11) is 0. The van der Waals surface area contributed by atoms with Crippen molar-refractivity contribution >= 4 is 0 Å². The fraction of sp³-hybridized carbons (Fsp3) is 0.926. The summed E-state index contributed by atoms with van der Waals surface area (Å²) in [4.78, 5) is 0. The van der Waals surface area contributed by atoms with Gasteiger partial charge in [-0.15, -0.1) is 0 Å². The summed E-state index contributed by atoms with van der Waals surface area (Å²) in [5, 5.41) is 0. The van der Waals surface area contributed by atoms with Crippen LogP contribution >= 0.6 is 0 Å². The van der Waals surface area contributed by atoms with E-state index in [1.54, 1.807) is 38.5 Å². The lowest BCUT2D eigenvalue weighted by atomic mass is 9.66. The first-order chi connectivity index (χ1) is 13.3. The molecule has 0 nitrogen and oxygen atoms in total. The monoisotopic (exact) mass is 372 g/mol. The maximum absolute atomic E-state index is 2.65. The van der Waals surface area contributed by atoms with E-state index in [4.69, 9.17) is 0 Å². The quantitative estimate of drug-likeness (QED) is 0.280. The smallest absolute Gasteiger partial charge is 0.0205 e. The topological polar surface area (TPSA) is 0 Å². The van der Waals surface area contributed by atoms with Gasteiger partial charge >= 0.3 is 0 Å². The van der Waals surface area contributed by atoms with Crippen molar-refractivity contribution in [1.82, 2.24) is 0 Å². The first-order valence-electron chi connectivity index (χ1n) is 13.0. The Morgan fingerprint density at radius 1 is 0.556 bits per heavy atom. The molecule has 0 amide bonds. The molecule has 0 spiro atoms. The van der Waals surface area contributed by atoms with Gasteiger partial charge in [-0.25, -0.2) is 0 Å². The molecule has 0 aliphatic heterocycles. The molecule has 2 saturated carbocycles. The normalized spacial score (nSPS) is 37.4. The van der Waals surface area contributed by atoms with Crippen LogP contribution in [0.5, 0.6) is 0 Å². The first kappa shape index (κ1) is 21.4. The lowest BCUT2D eigenvalue weighted by Crippen LogP contribution is -2.28. The molecular formula is C27H48. The summed E-state index contributed by atoms with van der Waals surface area (Å²) in [5.74, 6) is 6.12. The van der Waals surface area contributed by atoms with Gasteiger partial charge < -0.3 is 0 Å². The molecule has 0 aromatic rings. The molecule has 0 bridgehead atoms. The second-order valence-electron chi connectivity index (χ2n) is 10.5. The average molecular weight is 373 g/mol. The third-order valence-electron chi connectivity index (χ3n) is 8.63. The van der Waals surface area contributed by atoms with E-state index < -0.39 is 0 Å². The third-order valence-corrected chi connectivity index (χ3v) is 8.63. The molecular weight excluding hydrogens is 324 g/mol. The van der Waals surface area contributed by atoms with Gasteiger partial charge in [0.05, 0.1) is 0 Å². The lowest BCUT2D eigenvalue weighted by molar-refractivity contribution is 0.127. The minimum atomic E-state index is 0.907. The number of unbranched alkanes of at least 4 members (excludes halogenated alkanes) is 3. The van der Waals surface area contributed by atoms with Crippen molar-refractivity contribution in [3.05, 3.63) is 12.2 Å². The highest BCUT2D eigenvalue weighted by atomic mass is 14.4. The van der Waals surface area contributed by atoms with Gasteiger partial charge in [0.25, 0.3) is 0 Å². The molecule has 0 N–H and O–H groups in total. The van der Waals surface area contributed by atoms with Gasteiger partial charge in [0.15, 0.2) is 0 Å². The third kappa shape index (κ3) is 6.64. The van der Waals surface area contributed by atoms with Crippen LogP contribution in [0.15, 0.2) is 12.2 Å². The second kappa shape index (κ2) is 11.7. The fourth-order valence-electron chi connectivity index (χ4n) is 6.67. The van der Waals surface area contributed by atoms with Crippen molar-refractivity contribution in [3.8, 4) is 0 Å². The molecule has 0 aromatic heterocycles. The van der Waals surface area contributed by atoms with Crippen molar-refractivity contribution < 1.29 is 0 Å². The van der Waals surface area contributed by atoms with E-state index in [0.29, 0.717) is 0 Å². The number of rotatable bonds is 9. The fourth-order valence-corrected chi connectivity index (χ4v) is 6.67. The Hall–Kier alpha value is -0.260. The zero-order valence-electron chi connectivity index (χ0n) is 18.6. The zero-order chi connectivity index (χ0) is 18.9. The van der Waals surface area contributed by atoms with Crippen LogP contribution in [0.1, 0.15) is 123 Å². The SMILES string of the molecule is CCCCC[C@H]1CC[C@H](C2CCC(C3C=CC(CCCC)CC3)CC2)CC1. The van der Waals surface area contributed by atoms with Crippen LogP contribution in [0.25, 0.3) is 0 Å². The van der Waals surface area contributed by atoms with Gasteiger partial charge in [-0.2, -0.15) is 0 Å². The molecule has 2 fully saturated rings. The minimum Gasteiger partial charge on any atom is -0.0851 e. The van der Waals surface area contributed by atoms with Crippen LogP contribution in [-0.4, -0.2) is 0 Å². The van der Waals surface area contributed by atoms with Gasteiger partial charge in [0.2, 0.25) is 0 Å². The molecule has 156 valence electrons. The Labute approximate surface area is 171 Å². The van der Waals surface area contributed by atoms with Crippen LogP contribution in [-0.2, 0) is 0 Å². The summed E-state index contributed by atoms with van der Waals surface area (Å²) >= 11 is 0. The van der Waals surface area contributed by atoms with Crippen LogP contribution < -0.4 is 0 Å². The van der Waals surface area contributed by atoms with Crippen molar-refractivity contribution in [2.45, 2.75) is 123 Å². The molecule has 3 rings (SSSR count). The molecule has 0 radical (unpaired) electrons. The van der Waals surface area contributed by atoms with Crippen LogP contribution in [0.4, 0.5) is 0 Å². The maximum Gasteiger partial charge on any atom is -0.0205 e. The first-order valence-corrected chi connectivity index (χ1v) is 13.0. The second-order valence-corrected chi connectivity index (χ2v) is 10.5. The summed E-state index contributed by atoms with van der Waals surface area (Å²) in [6.07, 6.45) is 30.7. The highest BCUT2D eigenvalue weighted by Gasteiger charge is 2.33.